The number of halogens is 4. The van der Waals surface area contributed by atoms with E-state index in [2.05, 4.69) is 44.3 Å². The van der Waals surface area contributed by atoms with E-state index in [1.54, 1.807) is 46.9 Å². The number of ether oxygens (including phenoxy) is 2. The molecule has 8 atom stereocenters. The van der Waals surface area contributed by atoms with Crippen molar-refractivity contribution < 1.29 is 47.0 Å². The predicted molar refractivity (Wildman–Crippen MR) is 296 cm³/mol. The summed E-state index contributed by atoms with van der Waals surface area (Å²) >= 11 is 15.9. The van der Waals surface area contributed by atoms with E-state index in [1.165, 1.54) is 37.5 Å². The Kier molecular flexibility index (Phi) is 17.6. The number of amides is 4. The largest absolute Gasteiger partial charge is 0.366 e. The van der Waals surface area contributed by atoms with E-state index in [-0.39, 0.29) is 50.7 Å². The highest BCUT2D eigenvalue weighted by molar-refractivity contribution is 7.14. The van der Waals surface area contributed by atoms with Crippen molar-refractivity contribution in [2.45, 2.75) is 99.0 Å². The molecule has 78 heavy (non-hydrogen) atoms. The van der Waals surface area contributed by atoms with Crippen LogP contribution in [0.4, 0.5) is 19.0 Å². The number of hydrogen-bond acceptors (Lipinski definition) is 16. The van der Waals surface area contributed by atoms with E-state index >= 15 is 0 Å². The molecule has 2 aromatic heterocycles. The third-order valence-electron chi connectivity index (χ3n) is 14.8. The Morgan fingerprint density at radius 3 is 1.29 bits per heavy atom. The van der Waals surface area contributed by atoms with Gasteiger partial charge in [-0.1, -0.05) is 24.3 Å². The van der Waals surface area contributed by atoms with Gasteiger partial charge in [0.05, 0.1) is 22.1 Å². The number of nitrogens with one attached hydrogen (secondary N) is 2. The van der Waals surface area contributed by atoms with E-state index in [9.17, 15) is 37.5 Å². The number of thiazole rings is 2. The smallest absolute Gasteiger partial charge is 0.251 e. The quantitative estimate of drug-likeness (QED) is 0.157. The average molecular weight is 1160 g/mol. The monoisotopic (exact) mass is 1150 g/mol. The number of aromatic nitrogens is 2. The number of Topliss-reactive ketones (excluding diaryl/α,β-unsaturated/α-hetero) is 2. The normalized spacial score (nSPS) is 24.6. The van der Waals surface area contributed by atoms with Crippen LogP contribution in [0.5, 0.6) is 0 Å². The summed E-state index contributed by atoms with van der Waals surface area (Å²) in [6.07, 6.45) is -1.68. The lowest BCUT2D eigenvalue weighted by atomic mass is 9.98. The molecule has 6 aliphatic rings. The first kappa shape index (κ1) is 57.5. The SMILES string of the molecule is CN1CCN(c2nc(-c3ccc(C(=O)N[C@@H](CC(C)(C)F)C(=O)N4C[C@@H](Cl)[C@H]5OCC(=O)[C@H]54)cc3)cs2)CC1.CN1CCN(c2nc(-c3ccc(C(=O)N[C@@H](CC(C)(C)F)C(=O)N4C[C@@H](Cl)[C@H]5OCC(=O)[C@H]54)cc3)cs2)CC1. The Morgan fingerprint density at radius 1 is 0.615 bits per heavy atom. The molecule has 10 rings (SSSR count). The molecule has 2 aromatic carbocycles. The Bertz CT molecular complexity index is 2640. The average Bonchev–Trinajstić information content (AvgIpc) is 4.31. The Morgan fingerprint density at radius 2 is 0.962 bits per heavy atom. The van der Waals surface area contributed by atoms with Crippen LogP contribution in [0, 0.1) is 0 Å². The number of benzene rings is 2. The molecule has 24 heteroatoms. The van der Waals surface area contributed by atoms with Gasteiger partial charge in [0, 0.05) is 111 Å². The van der Waals surface area contributed by atoms with E-state index in [0.717, 1.165) is 85.1 Å². The number of nitrogens with zero attached hydrogens (tertiary/aromatic N) is 8. The number of hydrogen-bond donors (Lipinski definition) is 2. The second-order valence-electron chi connectivity index (χ2n) is 22.1. The maximum atomic E-state index is 14.7. The fourth-order valence-corrected chi connectivity index (χ4v) is 13.1. The molecular weight excluding hydrogens is 1090 g/mol. The van der Waals surface area contributed by atoms with Gasteiger partial charge in [-0.05, 0) is 66.1 Å². The van der Waals surface area contributed by atoms with Crippen molar-refractivity contribution in [2.24, 2.45) is 0 Å². The second-order valence-corrected chi connectivity index (χ2v) is 24.8. The maximum absolute atomic E-state index is 14.7. The van der Waals surface area contributed by atoms with E-state index in [4.69, 9.17) is 42.6 Å². The van der Waals surface area contributed by atoms with Crippen LogP contribution >= 0.6 is 45.9 Å². The first-order valence-electron chi connectivity index (χ1n) is 26.2. The van der Waals surface area contributed by atoms with Crippen molar-refractivity contribution in [3.05, 3.63) is 70.4 Å². The summed E-state index contributed by atoms with van der Waals surface area (Å²) in [5.74, 6) is -2.58. The minimum Gasteiger partial charge on any atom is -0.366 e. The van der Waals surface area contributed by atoms with Crippen LogP contribution in [0.15, 0.2) is 59.3 Å². The van der Waals surface area contributed by atoms with Crippen LogP contribution < -0.4 is 20.4 Å². The van der Waals surface area contributed by atoms with Crippen molar-refractivity contribution in [3.8, 4) is 22.5 Å². The molecule has 18 nitrogen and oxygen atoms in total. The first-order valence-corrected chi connectivity index (χ1v) is 28.8. The molecule has 0 unspecified atom stereocenters. The van der Waals surface area contributed by atoms with E-state index in [1.807, 2.05) is 35.0 Å². The van der Waals surface area contributed by atoms with Gasteiger partial charge in [0.2, 0.25) is 11.8 Å². The fourth-order valence-electron chi connectivity index (χ4n) is 10.6. The van der Waals surface area contributed by atoms with Gasteiger partial charge in [-0.3, -0.25) is 28.8 Å². The zero-order valence-corrected chi connectivity index (χ0v) is 47.6. The number of anilines is 2. The van der Waals surface area contributed by atoms with E-state index < -0.39 is 82.1 Å². The van der Waals surface area contributed by atoms with E-state index in [0.29, 0.717) is 11.1 Å². The summed E-state index contributed by atoms with van der Waals surface area (Å²) in [7, 11) is 4.22. The van der Waals surface area contributed by atoms with Crippen LogP contribution in [0.2, 0.25) is 0 Å². The summed E-state index contributed by atoms with van der Waals surface area (Å²) in [4.78, 5) is 99.4. The zero-order chi connectivity index (χ0) is 55.8. The molecule has 4 amide bonds. The predicted octanol–water partition coefficient (Wildman–Crippen LogP) is 5.17. The lowest BCUT2D eigenvalue weighted by Gasteiger charge is -2.32. The molecule has 0 radical (unpaired) electrons. The highest BCUT2D eigenvalue weighted by atomic mass is 35.5. The highest BCUT2D eigenvalue weighted by Crippen LogP contribution is 2.35. The fraction of sp³-hybridized carbons (Fsp3) is 0.556. The van der Waals surface area contributed by atoms with Crippen LogP contribution in [-0.2, 0) is 28.7 Å². The number of rotatable bonds is 14. The lowest BCUT2D eigenvalue weighted by Crippen LogP contribution is -2.53. The molecule has 6 aliphatic heterocycles. The third-order valence-corrected chi connectivity index (χ3v) is 17.4. The molecule has 8 heterocycles. The Balaban J connectivity index is 0.000000190. The molecule has 6 fully saturated rings. The topological polar surface area (TPSA) is 190 Å². The number of alkyl halides is 4. The van der Waals surface area contributed by atoms with Crippen LogP contribution in [0.25, 0.3) is 22.5 Å². The van der Waals surface area contributed by atoms with Crippen molar-refractivity contribution in [1.29, 1.82) is 0 Å². The Labute approximate surface area is 470 Å². The molecule has 4 aromatic rings. The molecule has 2 N–H and O–H groups in total. The molecule has 420 valence electrons. The number of likely N-dealkylation sites (N-methyl/N-ethyl adjacent to an activating group) is 2. The number of carbonyl (C=O) groups excluding carboxylic acids is 6. The molecule has 0 spiro atoms. The molecule has 0 saturated carbocycles. The van der Waals surface area contributed by atoms with Gasteiger partial charge in [-0.25, -0.2) is 18.7 Å². The minimum atomic E-state index is -1.74. The number of fused-ring (bicyclic) bond motifs is 2. The van der Waals surface area contributed by atoms with Crippen molar-refractivity contribution >= 4 is 91.3 Å². The minimum absolute atomic E-state index is 0.0962. The zero-order valence-electron chi connectivity index (χ0n) is 44.5. The number of piperazine rings is 2. The molecule has 6 saturated heterocycles. The summed E-state index contributed by atoms with van der Waals surface area (Å²) in [5.41, 5.74) is 0.591. The van der Waals surface area contributed by atoms with Crippen molar-refractivity contribution in [3.63, 3.8) is 0 Å². The number of carbonyl (C=O) groups is 6. The van der Waals surface area contributed by atoms with Gasteiger partial charge >= 0.3 is 0 Å². The summed E-state index contributed by atoms with van der Waals surface area (Å²) < 4.78 is 40.3. The van der Waals surface area contributed by atoms with Crippen LogP contribution in [-0.4, -0.2) is 216 Å². The third kappa shape index (κ3) is 13.3. The maximum Gasteiger partial charge on any atom is 0.251 e. The first-order chi connectivity index (χ1) is 37.0. The molecule has 0 bridgehead atoms. The molecular formula is C54H66Cl2F2N10O8S2. The highest BCUT2D eigenvalue weighted by Gasteiger charge is 2.54. The van der Waals surface area contributed by atoms with Gasteiger partial charge < -0.3 is 49.5 Å². The number of ketones is 2. The standard InChI is InChI=1S/2C27H33ClFN5O4S/c2*1-27(2,29)12-19(25(37)34-13-18(28)23-22(34)21(35)14-38-23)30-24(36)17-6-4-16(5-7-17)20-15-39-26(31-20)33-10-8-32(3)9-11-33/h2*4-7,15,18-19,22-23H,8-14H2,1-3H3,(H,30,36)/t2*18-,19+,22-,23-/m11/s1. The van der Waals surface area contributed by atoms with Gasteiger partial charge in [0.15, 0.2) is 21.8 Å². The van der Waals surface area contributed by atoms with Crippen molar-refractivity contribution in [2.75, 3.05) is 103 Å². The Hall–Kier alpha value is -5.20. The van der Waals surface area contributed by atoms with Crippen LogP contribution in [0.1, 0.15) is 61.3 Å². The second kappa shape index (κ2) is 23.9. The number of likely N-dealkylation sites (tertiary alicyclic amines) is 2. The van der Waals surface area contributed by atoms with Gasteiger partial charge in [-0.15, -0.1) is 45.9 Å². The van der Waals surface area contributed by atoms with Gasteiger partial charge in [0.1, 0.15) is 60.9 Å². The van der Waals surface area contributed by atoms with Crippen molar-refractivity contribution in [1.82, 2.24) is 40.2 Å². The molecule has 0 aliphatic carbocycles. The van der Waals surface area contributed by atoms with Gasteiger partial charge in [-0.2, -0.15) is 0 Å². The van der Waals surface area contributed by atoms with Gasteiger partial charge in [0.25, 0.3) is 11.8 Å². The summed E-state index contributed by atoms with van der Waals surface area (Å²) in [6.45, 7) is 13.1. The lowest BCUT2D eigenvalue weighted by molar-refractivity contribution is -0.138. The van der Waals surface area contributed by atoms with Crippen LogP contribution in [0.3, 0.4) is 0 Å². The summed E-state index contributed by atoms with van der Waals surface area (Å²) in [6, 6.07) is 9.94. The summed E-state index contributed by atoms with van der Waals surface area (Å²) in [5, 5.41) is 10.3.